The molecule has 1 aromatic rings. The second kappa shape index (κ2) is 7.35. The summed E-state index contributed by atoms with van der Waals surface area (Å²) in [5.74, 6) is -0.238. The molecular formula is C15H25NO4S. The van der Waals surface area contributed by atoms with E-state index < -0.39 is 10.1 Å². The Balaban J connectivity index is 2.72. The van der Waals surface area contributed by atoms with Crippen LogP contribution in [0.25, 0.3) is 0 Å². The molecule has 0 aromatic heterocycles. The van der Waals surface area contributed by atoms with Crippen LogP contribution in [-0.4, -0.2) is 37.9 Å². The highest BCUT2D eigenvalue weighted by Crippen LogP contribution is 2.30. The van der Waals surface area contributed by atoms with Crippen LogP contribution < -0.4 is 5.32 Å². The van der Waals surface area contributed by atoms with Crippen LogP contribution in [0.15, 0.2) is 24.3 Å². The Bertz CT molecular complexity index is 555. The van der Waals surface area contributed by atoms with Crippen LogP contribution in [0, 0.1) is 6.92 Å². The first-order chi connectivity index (χ1) is 9.67. The van der Waals surface area contributed by atoms with E-state index in [-0.39, 0.29) is 17.4 Å². The molecule has 0 fully saturated rings. The first kappa shape index (κ1) is 18.1. The van der Waals surface area contributed by atoms with Crippen molar-refractivity contribution in [2.75, 3.05) is 19.4 Å². The van der Waals surface area contributed by atoms with Crippen LogP contribution in [0.3, 0.4) is 0 Å². The Morgan fingerprint density at radius 1 is 1.33 bits per heavy atom. The second-order valence-corrected chi connectivity index (χ2v) is 7.33. The van der Waals surface area contributed by atoms with Gasteiger partial charge >= 0.3 is 0 Å². The summed E-state index contributed by atoms with van der Waals surface area (Å²) in [5, 5.41) is 3.31. The largest absolute Gasteiger partial charge is 0.375 e. The van der Waals surface area contributed by atoms with Gasteiger partial charge in [0.15, 0.2) is 0 Å². The van der Waals surface area contributed by atoms with Crippen molar-refractivity contribution in [1.82, 2.24) is 5.32 Å². The standard InChI is InChI=1S/C15H25NO4S/c1-12-8-5-6-9-13(12)14(20-4)15(2,3)16-10-7-11-21(17,18)19/h5-6,8-9,14,16H,7,10-11H2,1-4H3,(H,17,18,19). The Kier molecular flexibility index (Phi) is 6.34. The number of methoxy groups -OCH3 is 1. The quantitative estimate of drug-likeness (QED) is 0.569. The lowest BCUT2D eigenvalue weighted by atomic mass is 9.88. The summed E-state index contributed by atoms with van der Waals surface area (Å²) in [7, 11) is -2.23. The van der Waals surface area contributed by atoms with Crippen molar-refractivity contribution < 1.29 is 17.7 Å². The third kappa shape index (κ3) is 5.74. The molecule has 0 saturated heterocycles. The van der Waals surface area contributed by atoms with Crippen molar-refractivity contribution in [2.24, 2.45) is 0 Å². The van der Waals surface area contributed by atoms with Crippen LogP contribution in [0.4, 0.5) is 0 Å². The molecule has 0 aliphatic heterocycles. The molecule has 5 nitrogen and oxygen atoms in total. The molecule has 0 amide bonds. The maximum Gasteiger partial charge on any atom is 0.264 e. The van der Waals surface area contributed by atoms with Gasteiger partial charge < -0.3 is 10.1 Å². The molecule has 0 aliphatic carbocycles. The van der Waals surface area contributed by atoms with Gasteiger partial charge in [-0.25, -0.2) is 0 Å². The number of benzene rings is 1. The predicted molar refractivity (Wildman–Crippen MR) is 84.0 cm³/mol. The van der Waals surface area contributed by atoms with Crippen LogP contribution >= 0.6 is 0 Å². The van der Waals surface area contributed by atoms with Crippen LogP contribution in [0.5, 0.6) is 0 Å². The maximum atomic E-state index is 10.7. The minimum Gasteiger partial charge on any atom is -0.375 e. The highest BCUT2D eigenvalue weighted by molar-refractivity contribution is 7.85. The minimum atomic E-state index is -3.90. The molecular weight excluding hydrogens is 290 g/mol. The Morgan fingerprint density at radius 3 is 2.48 bits per heavy atom. The van der Waals surface area contributed by atoms with E-state index in [1.807, 2.05) is 45.0 Å². The van der Waals surface area contributed by atoms with E-state index in [1.54, 1.807) is 7.11 Å². The number of hydrogen-bond donors (Lipinski definition) is 2. The molecule has 1 unspecified atom stereocenters. The van der Waals surface area contributed by atoms with E-state index in [0.29, 0.717) is 13.0 Å². The molecule has 6 heteroatoms. The molecule has 0 heterocycles. The molecule has 1 atom stereocenters. The molecule has 0 saturated carbocycles. The summed E-state index contributed by atoms with van der Waals surface area (Å²) in [6, 6.07) is 8.03. The van der Waals surface area contributed by atoms with E-state index in [9.17, 15) is 8.42 Å². The lowest BCUT2D eigenvalue weighted by molar-refractivity contribution is 0.0310. The summed E-state index contributed by atoms with van der Waals surface area (Å²) in [5.41, 5.74) is 1.89. The lowest BCUT2D eigenvalue weighted by Crippen LogP contribution is -2.46. The van der Waals surface area contributed by atoms with Gasteiger partial charge in [0.05, 0.1) is 11.9 Å². The first-order valence-corrected chi connectivity index (χ1v) is 8.57. The third-order valence-corrected chi connectivity index (χ3v) is 4.33. The molecule has 0 bridgehead atoms. The van der Waals surface area contributed by atoms with Crippen molar-refractivity contribution >= 4 is 10.1 Å². The van der Waals surface area contributed by atoms with Gasteiger partial charge in [0.1, 0.15) is 0 Å². The van der Waals surface area contributed by atoms with Gasteiger partial charge in [-0.05, 0) is 44.9 Å². The minimum absolute atomic E-state index is 0.149. The Labute approximate surface area is 127 Å². The number of rotatable bonds is 8. The zero-order chi connectivity index (χ0) is 16.1. The van der Waals surface area contributed by atoms with Crippen molar-refractivity contribution in [1.29, 1.82) is 0 Å². The molecule has 0 aliphatic rings. The number of nitrogens with one attached hydrogen (secondary N) is 1. The van der Waals surface area contributed by atoms with E-state index in [1.165, 1.54) is 0 Å². The van der Waals surface area contributed by atoms with Crippen LogP contribution in [-0.2, 0) is 14.9 Å². The molecule has 1 aromatic carbocycles. The monoisotopic (exact) mass is 315 g/mol. The van der Waals surface area contributed by atoms with Crippen molar-refractivity contribution in [2.45, 2.75) is 38.8 Å². The molecule has 21 heavy (non-hydrogen) atoms. The number of hydrogen-bond acceptors (Lipinski definition) is 4. The highest BCUT2D eigenvalue weighted by atomic mass is 32.2. The van der Waals surface area contributed by atoms with Crippen LogP contribution in [0.1, 0.15) is 37.5 Å². The van der Waals surface area contributed by atoms with Gasteiger partial charge in [0, 0.05) is 12.6 Å². The van der Waals surface area contributed by atoms with Gasteiger partial charge in [-0.15, -0.1) is 0 Å². The predicted octanol–water partition coefficient (Wildman–Crippen LogP) is 2.33. The first-order valence-electron chi connectivity index (χ1n) is 6.96. The average molecular weight is 315 g/mol. The van der Waals surface area contributed by atoms with E-state index in [0.717, 1.165) is 11.1 Å². The summed E-state index contributed by atoms with van der Waals surface area (Å²) in [4.78, 5) is 0. The van der Waals surface area contributed by atoms with Gasteiger partial charge in [0.2, 0.25) is 0 Å². The smallest absolute Gasteiger partial charge is 0.264 e. The summed E-state index contributed by atoms with van der Waals surface area (Å²) >= 11 is 0. The molecule has 120 valence electrons. The number of aryl methyl sites for hydroxylation is 1. The van der Waals surface area contributed by atoms with Crippen molar-refractivity contribution in [3.8, 4) is 0 Å². The van der Waals surface area contributed by atoms with Gasteiger partial charge in [-0.3, -0.25) is 4.55 Å². The maximum absolute atomic E-state index is 10.7. The zero-order valence-electron chi connectivity index (χ0n) is 13.1. The summed E-state index contributed by atoms with van der Waals surface area (Å²) < 4.78 is 35.8. The fourth-order valence-electron chi connectivity index (χ4n) is 2.45. The van der Waals surface area contributed by atoms with E-state index >= 15 is 0 Å². The van der Waals surface area contributed by atoms with Gasteiger partial charge in [0.25, 0.3) is 10.1 Å². The summed E-state index contributed by atoms with van der Waals surface area (Å²) in [6.45, 7) is 6.55. The zero-order valence-corrected chi connectivity index (χ0v) is 13.9. The van der Waals surface area contributed by atoms with E-state index in [2.05, 4.69) is 5.32 Å². The SMILES string of the molecule is COC(c1ccccc1C)C(C)(C)NCCCS(=O)(=O)O. The lowest BCUT2D eigenvalue weighted by Gasteiger charge is -2.35. The topological polar surface area (TPSA) is 75.6 Å². The van der Waals surface area contributed by atoms with E-state index in [4.69, 9.17) is 9.29 Å². The molecule has 0 spiro atoms. The average Bonchev–Trinajstić information content (AvgIpc) is 2.36. The molecule has 0 radical (unpaired) electrons. The Hall–Kier alpha value is -0.950. The fourth-order valence-corrected chi connectivity index (χ4v) is 2.96. The summed E-state index contributed by atoms with van der Waals surface area (Å²) in [6.07, 6.45) is 0.205. The normalized spacial score (nSPS) is 14.1. The fraction of sp³-hybridized carbons (Fsp3) is 0.600. The van der Waals surface area contributed by atoms with Crippen molar-refractivity contribution in [3.05, 3.63) is 35.4 Å². The van der Waals surface area contributed by atoms with Gasteiger partial charge in [-0.2, -0.15) is 8.42 Å². The number of ether oxygens (including phenoxy) is 1. The van der Waals surface area contributed by atoms with Gasteiger partial charge in [-0.1, -0.05) is 24.3 Å². The Morgan fingerprint density at radius 2 is 1.95 bits per heavy atom. The third-order valence-electron chi connectivity index (χ3n) is 3.52. The van der Waals surface area contributed by atoms with Crippen molar-refractivity contribution in [3.63, 3.8) is 0 Å². The molecule has 2 N–H and O–H groups in total. The molecule has 1 rings (SSSR count). The highest BCUT2D eigenvalue weighted by Gasteiger charge is 2.31. The second-order valence-electron chi connectivity index (χ2n) is 5.76. The van der Waals surface area contributed by atoms with Crippen LogP contribution in [0.2, 0.25) is 0 Å².